The van der Waals surface area contributed by atoms with Crippen LogP contribution < -0.4 is 15.4 Å². The Morgan fingerprint density at radius 1 is 1.17 bits per heavy atom. The molecule has 2 N–H and O–H groups in total. The molecule has 3 rings (SSSR count). The lowest BCUT2D eigenvalue weighted by atomic mass is 10.1. The van der Waals surface area contributed by atoms with Crippen molar-refractivity contribution in [2.75, 3.05) is 5.32 Å². The van der Waals surface area contributed by atoms with Crippen molar-refractivity contribution in [2.24, 2.45) is 0 Å². The molecule has 1 atom stereocenters. The first-order chi connectivity index (χ1) is 13.7. The molecule has 1 fully saturated rings. The van der Waals surface area contributed by atoms with Crippen molar-refractivity contribution in [1.29, 1.82) is 0 Å². The van der Waals surface area contributed by atoms with Crippen molar-refractivity contribution in [3.63, 3.8) is 0 Å². The molecule has 0 aromatic heterocycles. The molecule has 0 spiro atoms. The molecule has 1 heterocycles. The van der Waals surface area contributed by atoms with Gasteiger partial charge in [-0.1, -0.05) is 24.3 Å². The second-order valence-electron chi connectivity index (χ2n) is 7.32. The van der Waals surface area contributed by atoms with Crippen molar-refractivity contribution in [3.8, 4) is 5.75 Å². The fourth-order valence-corrected chi connectivity index (χ4v) is 2.87. The number of amides is 4. The molecule has 0 aliphatic carbocycles. The largest absolute Gasteiger partial charge is 0.478 e. The van der Waals surface area contributed by atoms with Gasteiger partial charge < -0.3 is 15.4 Å². The monoisotopic (exact) mass is 399 g/mol. The van der Waals surface area contributed by atoms with Crippen LogP contribution in [-0.4, -0.2) is 34.4 Å². The zero-order chi connectivity index (χ0) is 21.2. The fraction of sp³-hybridized carbons (Fsp3) is 0.286. The first kappa shape index (κ1) is 20.3. The van der Waals surface area contributed by atoms with Gasteiger partial charge in [-0.05, 0) is 50.6 Å². The van der Waals surface area contributed by atoms with E-state index in [2.05, 4.69) is 10.6 Å². The molecular weight excluding hydrogens is 377 g/mol. The van der Waals surface area contributed by atoms with E-state index in [-0.39, 0.29) is 18.2 Å². The Labute approximate surface area is 167 Å². The van der Waals surface area contributed by atoms with Gasteiger partial charge in [0, 0.05) is 5.69 Å². The van der Waals surface area contributed by atoms with Crippen molar-refractivity contribution in [2.45, 2.75) is 39.0 Å². The summed E-state index contributed by atoms with van der Waals surface area (Å²) >= 11 is 0. The normalized spacial score (nSPS) is 16.3. The van der Waals surface area contributed by atoms with E-state index in [1.54, 1.807) is 44.2 Å². The molecule has 1 saturated heterocycles. The van der Waals surface area contributed by atoms with Crippen LogP contribution in [0.2, 0.25) is 0 Å². The molecular formula is C21H22FN3O4. The molecule has 29 heavy (non-hydrogen) atoms. The molecule has 152 valence electrons. The first-order valence-corrected chi connectivity index (χ1v) is 9.12. The number of carbonyl (C=O) groups excluding carboxylic acids is 3. The lowest BCUT2D eigenvalue weighted by Crippen LogP contribution is -2.40. The number of nitrogens with zero attached hydrogens (tertiary/aromatic N) is 1. The lowest BCUT2D eigenvalue weighted by molar-refractivity contribution is -0.130. The van der Waals surface area contributed by atoms with E-state index in [9.17, 15) is 18.8 Å². The smallest absolute Gasteiger partial charge is 0.325 e. The Hall–Kier alpha value is -3.42. The van der Waals surface area contributed by atoms with Gasteiger partial charge in [-0.15, -0.1) is 0 Å². The molecule has 8 heteroatoms. The number of urea groups is 1. The average Bonchev–Trinajstić information content (AvgIpc) is 2.86. The van der Waals surface area contributed by atoms with Gasteiger partial charge in [0.25, 0.3) is 11.8 Å². The number of hydrogen-bond donors (Lipinski definition) is 2. The number of imide groups is 1. The molecule has 0 saturated carbocycles. The summed E-state index contributed by atoms with van der Waals surface area (Å²) in [6.45, 7) is 4.96. The van der Waals surface area contributed by atoms with E-state index >= 15 is 0 Å². The van der Waals surface area contributed by atoms with Crippen molar-refractivity contribution >= 4 is 23.5 Å². The van der Waals surface area contributed by atoms with Gasteiger partial charge in [0.15, 0.2) is 17.7 Å². The van der Waals surface area contributed by atoms with Crippen LogP contribution in [-0.2, 0) is 16.1 Å². The van der Waals surface area contributed by atoms with Crippen LogP contribution in [0.3, 0.4) is 0 Å². The third kappa shape index (κ3) is 4.53. The molecule has 0 radical (unpaired) electrons. The molecule has 7 nitrogen and oxygen atoms in total. The Balaban J connectivity index is 1.59. The Kier molecular flexibility index (Phi) is 5.54. The summed E-state index contributed by atoms with van der Waals surface area (Å²) in [5, 5.41) is 5.31. The van der Waals surface area contributed by atoms with E-state index in [1.807, 2.05) is 0 Å². The van der Waals surface area contributed by atoms with Gasteiger partial charge in [0.1, 0.15) is 5.54 Å². The number of rotatable bonds is 6. The zero-order valence-electron chi connectivity index (χ0n) is 16.4. The fourth-order valence-electron chi connectivity index (χ4n) is 2.87. The summed E-state index contributed by atoms with van der Waals surface area (Å²) in [6, 6.07) is 12.2. The quantitative estimate of drug-likeness (QED) is 0.731. The summed E-state index contributed by atoms with van der Waals surface area (Å²) in [4.78, 5) is 37.6. The molecule has 1 aliphatic rings. The summed E-state index contributed by atoms with van der Waals surface area (Å²) in [7, 11) is 0. The highest BCUT2D eigenvalue weighted by Gasteiger charge is 2.44. The first-order valence-electron chi connectivity index (χ1n) is 9.12. The highest BCUT2D eigenvalue weighted by molar-refractivity contribution is 6.06. The van der Waals surface area contributed by atoms with Crippen molar-refractivity contribution < 1.29 is 23.5 Å². The van der Waals surface area contributed by atoms with Crippen LogP contribution >= 0.6 is 0 Å². The Morgan fingerprint density at radius 2 is 1.83 bits per heavy atom. The maximum absolute atomic E-state index is 13.6. The highest BCUT2D eigenvalue weighted by atomic mass is 19.1. The van der Waals surface area contributed by atoms with E-state index < -0.39 is 29.4 Å². The lowest BCUT2D eigenvalue weighted by Gasteiger charge is -2.17. The Bertz CT molecular complexity index is 943. The van der Waals surface area contributed by atoms with Crippen LogP contribution in [0.15, 0.2) is 48.5 Å². The SMILES string of the molecule is CC(Oc1ccccc1F)C(=O)Nc1ccc(CN2C(=O)NC(C)(C)C2=O)cc1. The van der Waals surface area contributed by atoms with E-state index in [0.29, 0.717) is 5.69 Å². The Morgan fingerprint density at radius 3 is 2.41 bits per heavy atom. The summed E-state index contributed by atoms with van der Waals surface area (Å²) in [5.74, 6) is -1.27. The van der Waals surface area contributed by atoms with Gasteiger partial charge in [-0.3, -0.25) is 14.5 Å². The van der Waals surface area contributed by atoms with E-state index in [1.165, 1.54) is 25.1 Å². The summed E-state index contributed by atoms with van der Waals surface area (Å²) in [5.41, 5.74) is 0.333. The molecule has 0 bridgehead atoms. The molecule has 1 aliphatic heterocycles. The van der Waals surface area contributed by atoms with Crippen LogP contribution in [0.4, 0.5) is 14.9 Å². The van der Waals surface area contributed by atoms with Gasteiger partial charge in [-0.2, -0.15) is 0 Å². The maximum atomic E-state index is 13.6. The third-order valence-electron chi connectivity index (χ3n) is 4.52. The van der Waals surface area contributed by atoms with Gasteiger partial charge in [-0.25, -0.2) is 9.18 Å². The second kappa shape index (κ2) is 7.90. The number of nitrogens with one attached hydrogen (secondary N) is 2. The number of hydrogen-bond acceptors (Lipinski definition) is 4. The number of halogens is 1. The number of para-hydroxylation sites is 1. The summed E-state index contributed by atoms with van der Waals surface area (Å²) in [6.07, 6.45) is -0.903. The molecule has 2 aromatic carbocycles. The van der Waals surface area contributed by atoms with Crippen LogP contribution in [0, 0.1) is 5.82 Å². The van der Waals surface area contributed by atoms with Crippen LogP contribution in [0.25, 0.3) is 0 Å². The minimum atomic E-state index is -0.917. The van der Waals surface area contributed by atoms with Gasteiger partial charge >= 0.3 is 6.03 Å². The number of anilines is 1. The topological polar surface area (TPSA) is 87.7 Å². The predicted octanol–water partition coefficient (Wildman–Crippen LogP) is 3.06. The predicted molar refractivity (Wildman–Crippen MR) is 105 cm³/mol. The number of benzene rings is 2. The van der Waals surface area contributed by atoms with Crippen LogP contribution in [0.1, 0.15) is 26.3 Å². The minimum Gasteiger partial charge on any atom is -0.478 e. The van der Waals surface area contributed by atoms with Gasteiger partial charge in [0.05, 0.1) is 6.54 Å². The zero-order valence-corrected chi connectivity index (χ0v) is 16.4. The number of carbonyl (C=O) groups is 3. The summed E-state index contributed by atoms with van der Waals surface area (Å²) < 4.78 is 19.0. The molecule has 1 unspecified atom stereocenters. The van der Waals surface area contributed by atoms with E-state index in [0.717, 1.165) is 10.5 Å². The minimum absolute atomic E-state index is 0.00183. The van der Waals surface area contributed by atoms with Gasteiger partial charge in [0.2, 0.25) is 0 Å². The standard InChI is InChI=1S/C21H22FN3O4/c1-13(29-17-7-5-4-6-16(17)22)18(26)23-15-10-8-14(9-11-15)12-25-19(27)21(2,3)24-20(25)28/h4-11,13H,12H2,1-3H3,(H,23,26)(H,24,28). The molecule has 4 amide bonds. The maximum Gasteiger partial charge on any atom is 0.325 e. The van der Waals surface area contributed by atoms with Crippen molar-refractivity contribution in [3.05, 3.63) is 59.9 Å². The number of ether oxygens (including phenoxy) is 1. The van der Waals surface area contributed by atoms with Crippen molar-refractivity contribution in [1.82, 2.24) is 10.2 Å². The second-order valence-corrected chi connectivity index (χ2v) is 7.32. The average molecular weight is 399 g/mol. The van der Waals surface area contributed by atoms with E-state index in [4.69, 9.17) is 4.74 Å². The molecule has 2 aromatic rings. The third-order valence-corrected chi connectivity index (χ3v) is 4.52. The highest BCUT2D eigenvalue weighted by Crippen LogP contribution is 2.21. The van der Waals surface area contributed by atoms with Crippen LogP contribution in [0.5, 0.6) is 5.75 Å².